The molecule has 1 heterocycles. The third-order valence-corrected chi connectivity index (χ3v) is 5.04. The number of amides is 1. The van der Waals surface area contributed by atoms with E-state index in [-0.39, 0.29) is 11.9 Å². The third-order valence-electron chi connectivity index (χ3n) is 4.21. The molecule has 3 rings (SSSR count). The van der Waals surface area contributed by atoms with E-state index in [0.717, 1.165) is 16.3 Å². The summed E-state index contributed by atoms with van der Waals surface area (Å²) in [6.07, 6.45) is 0. The molecular weight excluding hydrogens is 356 g/mol. The standard InChI is InChI=1S/C22H24N2O2S/c1-16(2)24(13-18-8-5-4-6-9-18)22(25)19-10-7-11-21(12-19)26-14-20-15-27-17(3)23-20/h4-12,15-16H,13-14H2,1-3H3. The molecule has 0 spiro atoms. The van der Waals surface area contributed by atoms with Gasteiger partial charge in [-0.15, -0.1) is 11.3 Å². The van der Waals surface area contributed by atoms with Crippen molar-refractivity contribution in [2.24, 2.45) is 0 Å². The Hall–Kier alpha value is -2.66. The molecule has 0 saturated heterocycles. The lowest BCUT2D eigenvalue weighted by atomic mass is 10.1. The van der Waals surface area contributed by atoms with Crippen molar-refractivity contribution in [2.45, 2.75) is 40.0 Å². The van der Waals surface area contributed by atoms with Crippen LogP contribution in [0.25, 0.3) is 0 Å². The van der Waals surface area contributed by atoms with Crippen LogP contribution >= 0.6 is 11.3 Å². The zero-order valence-corrected chi connectivity index (χ0v) is 16.7. The van der Waals surface area contributed by atoms with Gasteiger partial charge in [0.2, 0.25) is 0 Å². The van der Waals surface area contributed by atoms with Crippen molar-refractivity contribution in [3.63, 3.8) is 0 Å². The summed E-state index contributed by atoms with van der Waals surface area (Å²) >= 11 is 1.60. The smallest absolute Gasteiger partial charge is 0.254 e. The zero-order valence-electron chi connectivity index (χ0n) is 15.9. The Kier molecular flexibility index (Phi) is 6.24. The van der Waals surface area contributed by atoms with E-state index in [4.69, 9.17) is 4.74 Å². The number of hydrogen-bond donors (Lipinski definition) is 0. The summed E-state index contributed by atoms with van der Waals surface area (Å²) in [5.74, 6) is 0.679. The molecule has 0 aliphatic rings. The number of nitrogens with zero attached hydrogens (tertiary/aromatic N) is 2. The van der Waals surface area contributed by atoms with Crippen LogP contribution in [0.2, 0.25) is 0 Å². The monoisotopic (exact) mass is 380 g/mol. The number of aryl methyl sites for hydroxylation is 1. The fraction of sp³-hybridized carbons (Fsp3) is 0.273. The zero-order chi connectivity index (χ0) is 19.2. The van der Waals surface area contributed by atoms with E-state index in [9.17, 15) is 4.79 Å². The maximum Gasteiger partial charge on any atom is 0.254 e. The molecule has 0 fully saturated rings. The molecular formula is C22H24N2O2S. The Balaban J connectivity index is 1.72. The summed E-state index contributed by atoms with van der Waals surface area (Å²) in [5.41, 5.74) is 2.65. The lowest BCUT2D eigenvalue weighted by Gasteiger charge is -2.27. The summed E-state index contributed by atoms with van der Waals surface area (Å²) in [6, 6.07) is 17.5. The largest absolute Gasteiger partial charge is 0.487 e. The number of carbonyl (C=O) groups excluding carboxylic acids is 1. The van der Waals surface area contributed by atoms with Crippen LogP contribution in [0, 0.1) is 6.92 Å². The SMILES string of the molecule is Cc1nc(COc2cccc(C(=O)N(Cc3ccccc3)C(C)C)c2)cs1. The lowest BCUT2D eigenvalue weighted by molar-refractivity contribution is 0.0690. The molecule has 1 aromatic heterocycles. The van der Waals surface area contributed by atoms with Gasteiger partial charge in [-0.05, 0) is 44.5 Å². The molecule has 140 valence electrons. The average molecular weight is 381 g/mol. The number of ether oxygens (including phenoxy) is 1. The number of thiazole rings is 1. The Bertz CT molecular complexity index is 890. The van der Waals surface area contributed by atoms with Crippen molar-refractivity contribution in [3.05, 3.63) is 81.8 Å². The van der Waals surface area contributed by atoms with Crippen molar-refractivity contribution in [2.75, 3.05) is 0 Å². The second-order valence-corrected chi connectivity index (χ2v) is 7.75. The van der Waals surface area contributed by atoms with E-state index in [1.54, 1.807) is 11.3 Å². The quantitative estimate of drug-likeness (QED) is 0.574. The van der Waals surface area contributed by atoms with Gasteiger partial charge in [-0.3, -0.25) is 4.79 Å². The van der Waals surface area contributed by atoms with E-state index >= 15 is 0 Å². The molecule has 1 amide bonds. The van der Waals surface area contributed by atoms with Crippen LogP contribution in [0.15, 0.2) is 60.0 Å². The van der Waals surface area contributed by atoms with Gasteiger partial charge in [-0.2, -0.15) is 0 Å². The van der Waals surface area contributed by atoms with Crippen molar-refractivity contribution >= 4 is 17.2 Å². The molecule has 0 unspecified atom stereocenters. The van der Waals surface area contributed by atoms with Crippen LogP contribution in [-0.4, -0.2) is 21.8 Å². The van der Waals surface area contributed by atoms with E-state index in [2.05, 4.69) is 4.98 Å². The van der Waals surface area contributed by atoms with Gasteiger partial charge in [0.1, 0.15) is 12.4 Å². The van der Waals surface area contributed by atoms with Gasteiger partial charge >= 0.3 is 0 Å². The second-order valence-electron chi connectivity index (χ2n) is 6.69. The van der Waals surface area contributed by atoms with Crippen LogP contribution in [0.5, 0.6) is 5.75 Å². The summed E-state index contributed by atoms with van der Waals surface area (Å²) in [4.78, 5) is 19.4. The van der Waals surface area contributed by atoms with Gasteiger partial charge < -0.3 is 9.64 Å². The predicted molar refractivity (Wildman–Crippen MR) is 109 cm³/mol. The minimum atomic E-state index is 0.00352. The Morgan fingerprint density at radius 1 is 1.15 bits per heavy atom. The minimum absolute atomic E-state index is 0.00352. The van der Waals surface area contributed by atoms with Crippen molar-refractivity contribution < 1.29 is 9.53 Å². The average Bonchev–Trinajstić information content (AvgIpc) is 3.10. The molecule has 4 nitrogen and oxygen atoms in total. The van der Waals surface area contributed by atoms with Crippen molar-refractivity contribution in [3.8, 4) is 5.75 Å². The predicted octanol–water partition coefficient (Wildman–Crippen LogP) is 5.08. The first-order chi connectivity index (χ1) is 13.0. The van der Waals surface area contributed by atoms with Crippen LogP contribution in [0.3, 0.4) is 0 Å². The Labute approximate surface area is 164 Å². The van der Waals surface area contributed by atoms with Crippen LogP contribution in [0.4, 0.5) is 0 Å². The minimum Gasteiger partial charge on any atom is -0.487 e. The number of carbonyl (C=O) groups is 1. The topological polar surface area (TPSA) is 42.4 Å². The molecule has 0 aliphatic carbocycles. The van der Waals surface area contributed by atoms with Crippen LogP contribution in [-0.2, 0) is 13.2 Å². The normalized spacial score (nSPS) is 10.8. The first-order valence-electron chi connectivity index (χ1n) is 9.01. The molecule has 2 aromatic carbocycles. The molecule has 0 atom stereocenters. The van der Waals surface area contributed by atoms with Gasteiger partial charge in [0.05, 0.1) is 10.7 Å². The number of benzene rings is 2. The number of aromatic nitrogens is 1. The number of hydrogen-bond acceptors (Lipinski definition) is 4. The van der Waals surface area contributed by atoms with Crippen LogP contribution in [0.1, 0.15) is 40.5 Å². The van der Waals surface area contributed by atoms with Crippen LogP contribution < -0.4 is 4.74 Å². The molecule has 0 aliphatic heterocycles. The summed E-state index contributed by atoms with van der Waals surface area (Å²) in [5, 5.41) is 3.01. The first-order valence-corrected chi connectivity index (χ1v) is 9.89. The first kappa shape index (κ1) is 19.1. The molecule has 0 N–H and O–H groups in total. The maximum atomic E-state index is 13.1. The summed E-state index contributed by atoms with van der Waals surface area (Å²) < 4.78 is 5.83. The highest BCUT2D eigenvalue weighted by molar-refractivity contribution is 7.09. The van der Waals surface area contributed by atoms with Gasteiger partial charge in [0.15, 0.2) is 0 Å². The van der Waals surface area contributed by atoms with E-state index in [1.807, 2.05) is 85.6 Å². The van der Waals surface area contributed by atoms with Crippen molar-refractivity contribution in [1.29, 1.82) is 0 Å². The van der Waals surface area contributed by atoms with E-state index in [1.165, 1.54) is 0 Å². The highest BCUT2D eigenvalue weighted by Gasteiger charge is 2.19. The highest BCUT2D eigenvalue weighted by atomic mass is 32.1. The summed E-state index contributed by atoms with van der Waals surface area (Å²) in [7, 11) is 0. The molecule has 5 heteroatoms. The van der Waals surface area contributed by atoms with Gasteiger partial charge in [0.25, 0.3) is 5.91 Å². The fourth-order valence-corrected chi connectivity index (χ4v) is 3.38. The summed E-state index contributed by atoms with van der Waals surface area (Å²) in [6.45, 7) is 7.03. The third kappa shape index (κ3) is 5.17. The van der Waals surface area contributed by atoms with Gasteiger partial charge in [-0.25, -0.2) is 4.98 Å². The lowest BCUT2D eigenvalue weighted by Crippen LogP contribution is -2.36. The molecule has 0 radical (unpaired) electrons. The molecule has 0 saturated carbocycles. The molecule has 0 bridgehead atoms. The maximum absolute atomic E-state index is 13.1. The van der Waals surface area contributed by atoms with Gasteiger partial charge in [-0.1, -0.05) is 36.4 Å². The highest BCUT2D eigenvalue weighted by Crippen LogP contribution is 2.19. The fourth-order valence-electron chi connectivity index (χ4n) is 2.79. The Morgan fingerprint density at radius 3 is 2.59 bits per heavy atom. The van der Waals surface area contributed by atoms with E-state index < -0.39 is 0 Å². The molecule has 3 aromatic rings. The molecule has 27 heavy (non-hydrogen) atoms. The Morgan fingerprint density at radius 2 is 1.93 bits per heavy atom. The van der Waals surface area contributed by atoms with E-state index in [0.29, 0.717) is 24.5 Å². The number of rotatable bonds is 7. The second kappa shape index (κ2) is 8.82. The van der Waals surface area contributed by atoms with Crippen molar-refractivity contribution in [1.82, 2.24) is 9.88 Å². The van der Waals surface area contributed by atoms with Gasteiger partial charge in [0, 0.05) is 23.5 Å².